The van der Waals surface area contributed by atoms with Crippen molar-refractivity contribution < 1.29 is 9.59 Å². The maximum Gasteiger partial charge on any atom is 0.267 e. The molecule has 0 bridgehead atoms. The van der Waals surface area contributed by atoms with E-state index in [0.29, 0.717) is 16.9 Å². The zero-order valence-electron chi connectivity index (χ0n) is 13.4. The second-order valence-electron chi connectivity index (χ2n) is 6.31. The molecule has 2 aliphatic heterocycles. The van der Waals surface area contributed by atoms with Crippen molar-refractivity contribution in [3.05, 3.63) is 59.3 Å². The van der Waals surface area contributed by atoms with Gasteiger partial charge < -0.3 is 0 Å². The number of anilines is 1. The molecule has 5 nitrogen and oxygen atoms in total. The Kier molecular flexibility index (Phi) is 3.86. The molecule has 2 aromatic rings. The highest BCUT2D eigenvalue weighted by Gasteiger charge is 2.38. The van der Waals surface area contributed by atoms with Crippen LogP contribution in [0.1, 0.15) is 45.5 Å². The van der Waals surface area contributed by atoms with E-state index in [4.69, 9.17) is 0 Å². The number of pyridine rings is 1. The Morgan fingerprint density at radius 3 is 2.21 bits per heavy atom. The van der Waals surface area contributed by atoms with Crippen LogP contribution in [0.2, 0.25) is 0 Å². The Bertz CT molecular complexity index is 762. The van der Waals surface area contributed by atoms with Gasteiger partial charge in [0.05, 0.1) is 11.1 Å². The van der Waals surface area contributed by atoms with Crippen LogP contribution in [0.15, 0.2) is 42.6 Å². The third kappa shape index (κ3) is 2.51. The van der Waals surface area contributed by atoms with E-state index in [-0.39, 0.29) is 11.8 Å². The molecule has 0 N–H and O–H groups in total. The van der Waals surface area contributed by atoms with Gasteiger partial charge in [-0.3, -0.25) is 14.5 Å². The van der Waals surface area contributed by atoms with Crippen molar-refractivity contribution in [1.29, 1.82) is 0 Å². The summed E-state index contributed by atoms with van der Waals surface area (Å²) in [4.78, 5) is 33.4. The van der Waals surface area contributed by atoms with Gasteiger partial charge in [0, 0.05) is 18.3 Å². The molecule has 0 unspecified atom stereocenters. The third-order valence-corrected chi connectivity index (χ3v) is 4.72. The van der Waals surface area contributed by atoms with Crippen molar-refractivity contribution in [2.75, 3.05) is 18.0 Å². The number of hydrogen-bond acceptors (Lipinski definition) is 4. The quantitative estimate of drug-likeness (QED) is 0.816. The van der Waals surface area contributed by atoms with Crippen molar-refractivity contribution in [1.82, 2.24) is 9.88 Å². The van der Waals surface area contributed by atoms with Gasteiger partial charge in [-0.05, 0) is 44.1 Å². The lowest BCUT2D eigenvalue weighted by Gasteiger charge is -2.27. The van der Waals surface area contributed by atoms with Crippen LogP contribution in [-0.2, 0) is 6.54 Å². The average molecular weight is 321 g/mol. The summed E-state index contributed by atoms with van der Waals surface area (Å²) in [5.74, 6) is -0.0994. The number of piperidine rings is 1. The molecule has 1 fully saturated rings. The minimum absolute atomic E-state index is 0.283. The Morgan fingerprint density at radius 2 is 1.54 bits per heavy atom. The summed E-state index contributed by atoms with van der Waals surface area (Å²) in [5.41, 5.74) is 1.84. The standard InChI is InChI=1S/C19H19N3O2/c23-18-15-8-2-3-9-16(15)19(24)22(18)17-14(7-6-10-20-17)13-21-11-4-1-5-12-21/h2-3,6-10H,1,4-5,11-13H2. The fourth-order valence-electron chi connectivity index (χ4n) is 3.50. The van der Waals surface area contributed by atoms with Gasteiger partial charge in [-0.25, -0.2) is 9.88 Å². The van der Waals surface area contributed by atoms with Crippen LogP contribution in [0.25, 0.3) is 0 Å². The van der Waals surface area contributed by atoms with Gasteiger partial charge in [-0.2, -0.15) is 0 Å². The van der Waals surface area contributed by atoms with E-state index < -0.39 is 0 Å². The van der Waals surface area contributed by atoms with Crippen molar-refractivity contribution in [3.63, 3.8) is 0 Å². The molecule has 1 aromatic heterocycles. The molecule has 1 aromatic carbocycles. The molecule has 24 heavy (non-hydrogen) atoms. The molecule has 0 radical (unpaired) electrons. The predicted molar refractivity (Wildman–Crippen MR) is 90.9 cm³/mol. The molecule has 0 aliphatic carbocycles. The minimum atomic E-state index is -0.283. The largest absolute Gasteiger partial charge is 0.299 e. The smallest absolute Gasteiger partial charge is 0.267 e. The number of fused-ring (bicyclic) bond motifs is 1. The molecule has 0 spiro atoms. The fraction of sp³-hybridized carbons (Fsp3) is 0.316. The Hall–Kier alpha value is -2.53. The molecule has 122 valence electrons. The van der Waals surface area contributed by atoms with E-state index >= 15 is 0 Å². The van der Waals surface area contributed by atoms with Gasteiger partial charge >= 0.3 is 0 Å². The van der Waals surface area contributed by atoms with Crippen molar-refractivity contribution in [2.45, 2.75) is 25.8 Å². The molecule has 0 saturated carbocycles. The lowest BCUT2D eigenvalue weighted by atomic mass is 10.1. The average Bonchev–Trinajstić information content (AvgIpc) is 2.88. The van der Waals surface area contributed by atoms with Gasteiger partial charge in [0.15, 0.2) is 0 Å². The summed E-state index contributed by atoms with van der Waals surface area (Å²) in [6, 6.07) is 10.8. The number of hydrogen-bond donors (Lipinski definition) is 0. The van der Waals surface area contributed by atoms with Crippen LogP contribution in [-0.4, -0.2) is 34.8 Å². The van der Waals surface area contributed by atoms with E-state index in [2.05, 4.69) is 9.88 Å². The summed E-state index contributed by atoms with van der Waals surface area (Å²) in [7, 11) is 0. The summed E-state index contributed by atoms with van der Waals surface area (Å²) in [6.07, 6.45) is 5.30. The van der Waals surface area contributed by atoms with Gasteiger partial charge in [-0.15, -0.1) is 0 Å². The predicted octanol–water partition coefficient (Wildman–Crippen LogP) is 2.87. The third-order valence-electron chi connectivity index (χ3n) is 4.72. The lowest BCUT2D eigenvalue weighted by molar-refractivity contribution is 0.0924. The van der Waals surface area contributed by atoms with E-state index in [0.717, 1.165) is 25.2 Å². The molecular weight excluding hydrogens is 302 g/mol. The number of nitrogens with zero attached hydrogens (tertiary/aromatic N) is 3. The van der Waals surface area contributed by atoms with E-state index in [1.165, 1.54) is 24.2 Å². The van der Waals surface area contributed by atoms with E-state index in [1.54, 1.807) is 30.5 Å². The monoisotopic (exact) mass is 321 g/mol. The topological polar surface area (TPSA) is 53.5 Å². The van der Waals surface area contributed by atoms with E-state index in [9.17, 15) is 9.59 Å². The SMILES string of the molecule is O=C1c2ccccc2C(=O)N1c1ncccc1CN1CCCCC1. The van der Waals surface area contributed by atoms with Crippen molar-refractivity contribution in [3.8, 4) is 0 Å². The molecule has 4 rings (SSSR count). The first kappa shape index (κ1) is 15.0. The van der Waals surface area contributed by atoms with Gasteiger partial charge in [-0.1, -0.05) is 24.6 Å². The van der Waals surface area contributed by atoms with Gasteiger partial charge in [0.25, 0.3) is 11.8 Å². The second kappa shape index (κ2) is 6.17. The number of carbonyl (C=O) groups is 2. The molecular formula is C19H19N3O2. The normalized spacial score (nSPS) is 18.1. The van der Waals surface area contributed by atoms with Crippen molar-refractivity contribution in [2.24, 2.45) is 0 Å². The molecule has 2 amide bonds. The lowest BCUT2D eigenvalue weighted by Crippen LogP contribution is -2.34. The summed E-state index contributed by atoms with van der Waals surface area (Å²) in [5, 5.41) is 0. The zero-order chi connectivity index (χ0) is 16.5. The number of carbonyl (C=O) groups excluding carboxylic acids is 2. The number of rotatable bonds is 3. The Balaban J connectivity index is 1.68. The minimum Gasteiger partial charge on any atom is -0.299 e. The van der Waals surface area contributed by atoms with E-state index in [1.807, 2.05) is 12.1 Å². The Labute approximate surface area is 140 Å². The van der Waals surface area contributed by atoms with Crippen LogP contribution in [0, 0.1) is 0 Å². The maximum absolute atomic E-state index is 12.7. The summed E-state index contributed by atoms with van der Waals surface area (Å²) < 4.78 is 0. The molecule has 3 heterocycles. The summed E-state index contributed by atoms with van der Waals surface area (Å²) in [6.45, 7) is 2.82. The van der Waals surface area contributed by atoms with Crippen LogP contribution >= 0.6 is 0 Å². The van der Waals surface area contributed by atoms with Gasteiger partial charge in [0.1, 0.15) is 5.82 Å². The van der Waals surface area contributed by atoms with Crippen LogP contribution in [0.3, 0.4) is 0 Å². The number of likely N-dealkylation sites (tertiary alicyclic amines) is 1. The van der Waals surface area contributed by atoms with Gasteiger partial charge in [0.2, 0.25) is 0 Å². The highest BCUT2D eigenvalue weighted by molar-refractivity contribution is 6.34. The van der Waals surface area contributed by atoms with Crippen molar-refractivity contribution >= 4 is 17.6 Å². The van der Waals surface area contributed by atoms with Crippen LogP contribution in [0.4, 0.5) is 5.82 Å². The molecule has 0 atom stereocenters. The van der Waals surface area contributed by atoms with Crippen LogP contribution in [0.5, 0.6) is 0 Å². The number of imide groups is 1. The second-order valence-corrected chi connectivity index (χ2v) is 6.31. The highest BCUT2D eigenvalue weighted by Crippen LogP contribution is 2.30. The maximum atomic E-state index is 12.7. The molecule has 5 heteroatoms. The number of aromatic nitrogens is 1. The number of amides is 2. The first-order valence-electron chi connectivity index (χ1n) is 8.40. The fourth-order valence-corrected chi connectivity index (χ4v) is 3.50. The first-order valence-corrected chi connectivity index (χ1v) is 8.40. The highest BCUT2D eigenvalue weighted by atomic mass is 16.2. The zero-order valence-corrected chi connectivity index (χ0v) is 13.4. The Morgan fingerprint density at radius 1 is 0.875 bits per heavy atom. The first-order chi connectivity index (χ1) is 11.8. The van der Waals surface area contributed by atoms with Crippen LogP contribution < -0.4 is 4.90 Å². The molecule has 2 aliphatic rings. The summed E-state index contributed by atoms with van der Waals surface area (Å²) >= 11 is 0. The molecule has 1 saturated heterocycles. The number of benzene rings is 1.